The zero-order chi connectivity index (χ0) is 21.3. The van der Waals surface area contributed by atoms with Crippen molar-refractivity contribution in [1.29, 1.82) is 0 Å². The molecule has 1 unspecified atom stereocenters. The molecule has 1 fully saturated rings. The molecule has 4 rings (SSSR count). The van der Waals surface area contributed by atoms with Gasteiger partial charge >= 0.3 is 0 Å². The van der Waals surface area contributed by atoms with E-state index in [1.54, 1.807) is 45.4 Å². The summed E-state index contributed by atoms with van der Waals surface area (Å²) in [4.78, 5) is 33.6. The van der Waals surface area contributed by atoms with E-state index in [4.69, 9.17) is 9.47 Å². The van der Waals surface area contributed by atoms with Crippen LogP contribution < -0.4 is 14.8 Å². The second kappa shape index (κ2) is 8.10. The fourth-order valence-corrected chi connectivity index (χ4v) is 3.76. The minimum atomic E-state index is -0.238. The van der Waals surface area contributed by atoms with E-state index in [2.05, 4.69) is 20.4 Å². The number of aryl methyl sites for hydroxylation is 1. The minimum Gasteiger partial charge on any atom is -0.493 e. The molecule has 2 heterocycles. The first-order chi connectivity index (χ1) is 14.5. The predicted molar refractivity (Wildman–Crippen MR) is 111 cm³/mol. The van der Waals surface area contributed by atoms with E-state index in [1.165, 1.54) is 4.68 Å². The highest BCUT2D eigenvalue weighted by Crippen LogP contribution is 2.29. The van der Waals surface area contributed by atoms with Crippen LogP contribution in [-0.4, -0.2) is 47.5 Å². The summed E-state index contributed by atoms with van der Waals surface area (Å²) < 4.78 is 11.9. The number of ether oxygens (including phenoxy) is 2. The number of fused-ring (bicyclic) bond motifs is 1. The number of carbonyl (C=O) groups excluding carboxylic acids is 2. The first-order valence-electron chi connectivity index (χ1n) is 9.76. The second-order valence-corrected chi connectivity index (χ2v) is 7.30. The molecule has 2 aromatic rings. The van der Waals surface area contributed by atoms with Crippen LogP contribution in [0.5, 0.6) is 11.5 Å². The molecular formula is C21H23N5O4. The SMILES string of the molecule is COc1ccc(CC(=O)Nc2cc(C)nn2C2=NC(=O)C3CCCC3=N2)cc1OC. The van der Waals surface area contributed by atoms with Crippen LogP contribution >= 0.6 is 0 Å². The summed E-state index contributed by atoms with van der Waals surface area (Å²) in [7, 11) is 3.11. The molecule has 0 radical (unpaired) electrons. The summed E-state index contributed by atoms with van der Waals surface area (Å²) in [6, 6.07) is 7.05. The smallest absolute Gasteiger partial charge is 0.257 e. The number of hydrogen-bond donors (Lipinski definition) is 1. The maximum Gasteiger partial charge on any atom is 0.257 e. The molecule has 0 bridgehead atoms. The third-order valence-electron chi connectivity index (χ3n) is 5.18. The number of nitrogens with one attached hydrogen (secondary N) is 1. The maximum absolute atomic E-state index is 12.7. The van der Waals surface area contributed by atoms with Crippen LogP contribution in [0.1, 0.15) is 30.5 Å². The van der Waals surface area contributed by atoms with Crippen molar-refractivity contribution in [2.24, 2.45) is 15.9 Å². The van der Waals surface area contributed by atoms with Crippen LogP contribution in [0.3, 0.4) is 0 Å². The number of aliphatic imine (C=N–C) groups is 2. The zero-order valence-electron chi connectivity index (χ0n) is 17.1. The van der Waals surface area contributed by atoms with Gasteiger partial charge in [0, 0.05) is 11.8 Å². The van der Waals surface area contributed by atoms with Gasteiger partial charge in [-0.3, -0.25) is 9.59 Å². The Hall–Kier alpha value is -3.49. The third-order valence-corrected chi connectivity index (χ3v) is 5.18. The normalized spacial score (nSPS) is 17.8. The van der Waals surface area contributed by atoms with Gasteiger partial charge < -0.3 is 14.8 Å². The predicted octanol–water partition coefficient (Wildman–Crippen LogP) is 2.38. The van der Waals surface area contributed by atoms with Crippen molar-refractivity contribution in [3.05, 3.63) is 35.5 Å². The van der Waals surface area contributed by atoms with E-state index in [9.17, 15) is 9.59 Å². The summed E-state index contributed by atoms with van der Waals surface area (Å²) in [5.41, 5.74) is 2.30. The fourth-order valence-electron chi connectivity index (χ4n) is 3.76. The van der Waals surface area contributed by atoms with Crippen LogP contribution in [0.25, 0.3) is 0 Å². The van der Waals surface area contributed by atoms with Crippen molar-refractivity contribution in [2.45, 2.75) is 32.6 Å². The summed E-state index contributed by atoms with van der Waals surface area (Å²) in [6.45, 7) is 1.80. The number of benzene rings is 1. The number of aromatic nitrogens is 2. The van der Waals surface area contributed by atoms with Crippen molar-refractivity contribution < 1.29 is 19.1 Å². The Kier molecular flexibility index (Phi) is 5.35. The van der Waals surface area contributed by atoms with Crippen LogP contribution in [-0.2, 0) is 16.0 Å². The molecule has 2 aliphatic rings. The standard InChI is InChI=1S/C21H23N5O4/c1-12-9-18(23-19(27)11-13-7-8-16(29-2)17(10-13)30-3)26(25-12)21-22-15-6-4-5-14(15)20(28)24-21/h7-10,14H,4-6,11H2,1-3H3,(H,23,27). The van der Waals surface area contributed by atoms with Crippen molar-refractivity contribution in [3.8, 4) is 11.5 Å². The number of anilines is 1. The molecule has 156 valence electrons. The van der Waals surface area contributed by atoms with E-state index in [-0.39, 0.29) is 30.1 Å². The Morgan fingerprint density at radius 2 is 2.00 bits per heavy atom. The van der Waals surface area contributed by atoms with Crippen LogP contribution in [0, 0.1) is 12.8 Å². The Bertz CT molecular complexity index is 1070. The van der Waals surface area contributed by atoms with Gasteiger partial charge in [-0.15, -0.1) is 0 Å². The molecule has 1 aromatic carbocycles. The maximum atomic E-state index is 12.7. The van der Waals surface area contributed by atoms with Gasteiger partial charge in [-0.2, -0.15) is 14.8 Å². The van der Waals surface area contributed by atoms with Gasteiger partial charge in [-0.1, -0.05) is 6.07 Å². The molecule has 1 aliphatic carbocycles. The monoisotopic (exact) mass is 409 g/mol. The van der Waals surface area contributed by atoms with Crippen LogP contribution in [0.15, 0.2) is 34.3 Å². The van der Waals surface area contributed by atoms with Crippen molar-refractivity contribution in [2.75, 3.05) is 19.5 Å². The highest BCUT2D eigenvalue weighted by Gasteiger charge is 2.33. The first kappa shape index (κ1) is 19.8. The average Bonchev–Trinajstić information content (AvgIpc) is 3.34. The van der Waals surface area contributed by atoms with Gasteiger partial charge in [0.15, 0.2) is 11.5 Å². The molecule has 1 N–H and O–H groups in total. The van der Waals surface area contributed by atoms with Gasteiger partial charge in [0.05, 0.1) is 32.3 Å². The Morgan fingerprint density at radius 1 is 1.20 bits per heavy atom. The van der Waals surface area contributed by atoms with Gasteiger partial charge in [-0.25, -0.2) is 4.99 Å². The Morgan fingerprint density at radius 3 is 2.77 bits per heavy atom. The summed E-state index contributed by atoms with van der Waals surface area (Å²) in [5.74, 6) is 1.14. The summed E-state index contributed by atoms with van der Waals surface area (Å²) >= 11 is 0. The van der Waals surface area contributed by atoms with Crippen LogP contribution in [0.4, 0.5) is 5.82 Å². The highest BCUT2D eigenvalue weighted by atomic mass is 16.5. The van der Waals surface area contributed by atoms with E-state index in [1.807, 2.05) is 0 Å². The van der Waals surface area contributed by atoms with E-state index >= 15 is 0 Å². The van der Waals surface area contributed by atoms with E-state index in [0.717, 1.165) is 30.5 Å². The Balaban J connectivity index is 1.54. The number of nitrogens with zero attached hydrogens (tertiary/aromatic N) is 4. The quantitative estimate of drug-likeness (QED) is 0.816. The minimum absolute atomic E-state index is 0.132. The first-order valence-corrected chi connectivity index (χ1v) is 9.76. The lowest BCUT2D eigenvalue weighted by Crippen LogP contribution is -2.29. The lowest BCUT2D eigenvalue weighted by molar-refractivity contribution is -0.119. The fraction of sp³-hybridized carbons (Fsp3) is 0.381. The van der Waals surface area contributed by atoms with Crippen molar-refractivity contribution in [1.82, 2.24) is 9.78 Å². The second-order valence-electron chi connectivity index (χ2n) is 7.30. The molecule has 9 heteroatoms. The van der Waals surface area contributed by atoms with Gasteiger partial charge in [0.25, 0.3) is 11.9 Å². The molecule has 0 saturated heterocycles. The molecule has 30 heavy (non-hydrogen) atoms. The van der Waals surface area contributed by atoms with Crippen molar-refractivity contribution in [3.63, 3.8) is 0 Å². The number of carbonyl (C=O) groups is 2. The number of amides is 2. The Labute approximate surface area is 173 Å². The lowest BCUT2D eigenvalue weighted by Gasteiger charge is -2.15. The third kappa shape index (κ3) is 3.83. The van der Waals surface area contributed by atoms with Gasteiger partial charge in [0.1, 0.15) is 5.82 Å². The molecule has 2 amide bonds. The summed E-state index contributed by atoms with van der Waals surface area (Å²) in [6.07, 6.45) is 2.65. The van der Waals surface area contributed by atoms with Gasteiger partial charge in [-0.05, 0) is 43.9 Å². The zero-order valence-corrected chi connectivity index (χ0v) is 17.1. The lowest BCUT2D eigenvalue weighted by atomic mass is 10.1. The largest absolute Gasteiger partial charge is 0.493 e. The molecule has 1 aliphatic heterocycles. The number of hydrogen-bond acceptors (Lipinski definition) is 6. The molecule has 1 atom stereocenters. The summed E-state index contributed by atoms with van der Waals surface area (Å²) in [5, 5.41) is 7.21. The highest BCUT2D eigenvalue weighted by molar-refractivity contribution is 6.17. The molecule has 0 spiro atoms. The van der Waals surface area contributed by atoms with Crippen LogP contribution in [0.2, 0.25) is 0 Å². The van der Waals surface area contributed by atoms with E-state index < -0.39 is 0 Å². The average molecular weight is 409 g/mol. The van der Waals surface area contributed by atoms with Gasteiger partial charge in [0.2, 0.25) is 5.91 Å². The molecular weight excluding hydrogens is 386 g/mol. The number of methoxy groups -OCH3 is 2. The van der Waals surface area contributed by atoms with E-state index in [0.29, 0.717) is 23.0 Å². The van der Waals surface area contributed by atoms with Crippen molar-refractivity contribution >= 4 is 29.3 Å². The topological polar surface area (TPSA) is 107 Å². The molecule has 1 aromatic heterocycles. The number of rotatable bonds is 5. The molecule has 1 saturated carbocycles. The molecule has 9 nitrogen and oxygen atoms in total.